The molecule has 3 atom stereocenters. The topological polar surface area (TPSA) is 40.5 Å². The van der Waals surface area contributed by atoms with Crippen LogP contribution < -0.4 is 0 Å². The summed E-state index contributed by atoms with van der Waals surface area (Å²) in [6.45, 7) is 9.96. The number of carbonyl (C=O) groups is 1. The van der Waals surface area contributed by atoms with Crippen LogP contribution in [0.3, 0.4) is 0 Å². The summed E-state index contributed by atoms with van der Waals surface area (Å²) in [5, 5.41) is 9.21. The largest absolute Gasteiger partial charge is 0.481 e. The summed E-state index contributed by atoms with van der Waals surface area (Å²) < 4.78 is 0. The van der Waals surface area contributed by atoms with Gasteiger partial charge < -0.3 is 5.11 Å². The molecule has 0 aromatic heterocycles. The number of hydrogen-bond acceptors (Lipinski definition) is 2. The summed E-state index contributed by atoms with van der Waals surface area (Å²) in [7, 11) is 0. The Hall–Kier alpha value is -1.35. The molecule has 19 heavy (non-hydrogen) atoms. The van der Waals surface area contributed by atoms with Gasteiger partial charge in [0.2, 0.25) is 0 Å². The minimum atomic E-state index is -0.665. The van der Waals surface area contributed by atoms with Gasteiger partial charge in [-0.1, -0.05) is 25.1 Å². The van der Waals surface area contributed by atoms with Crippen molar-refractivity contribution >= 4 is 5.97 Å². The minimum absolute atomic E-state index is 0.228. The van der Waals surface area contributed by atoms with Gasteiger partial charge in [0.25, 0.3) is 0 Å². The van der Waals surface area contributed by atoms with Crippen molar-refractivity contribution in [3.8, 4) is 0 Å². The highest BCUT2D eigenvalue weighted by molar-refractivity contribution is 5.71. The molecule has 0 spiro atoms. The normalized spacial score (nSPS) is 25.5. The predicted molar refractivity (Wildman–Crippen MR) is 76.2 cm³/mol. The average molecular weight is 261 g/mol. The number of nitrogens with zero attached hydrogens (tertiary/aromatic N) is 1. The van der Waals surface area contributed by atoms with Crippen LogP contribution in [0.15, 0.2) is 18.2 Å². The van der Waals surface area contributed by atoms with Crippen molar-refractivity contribution in [3.63, 3.8) is 0 Å². The zero-order chi connectivity index (χ0) is 14.2. The van der Waals surface area contributed by atoms with Gasteiger partial charge >= 0.3 is 5.97 Å². The number of carboxylic acids is 1. The van der Waals surface area contributed by atoms with Crippen molar-refractivity contribution in [3.05, 3.63) is 34.9 Å². The quantitative estimate of drug-likeness (QED) is 0.909. The fourth-order valence-corrected chi connectivity index (χ4v) is 2.88. The molecule has 1 aliphatic rings. The number of aryl methyl sites for hydroxylation is 2. The van der Waals surface area contributed by atoms with Gasteiger partial charge in [-0.2, -0.15) is 0 Å². The number of benzene rings is 1. The van der Waals surface area contributed by atoms with Crippen molar-refractivity contribution in [1.29, 1.82) is 0 Å². The van der Waals surface area contributed by atoms with Crippen LogP contribution in [0.1, 0.15) is 36.6 Å². The molecular formula is C16H23NO2. The molecule has 1 aliphatic heterocycles. The number of hydrogen-bond donors (Lipinski definition) is 1. The van der Waals surface area contributed by atoms with E-state index in [1.807, 2.05) is 6.92 Å². The number of aliphatic carboxylic acids is 1. The summed E-state index contributed by atoms with van der Waals surface area (Å²) in [4.78, 5) is 13.5. The Morgan fingerprint density at radius 2 is 2.00 bits per heavy atom. The molecule has 3 heteroatoms. The molecule has 0 aliphatic carbocycles. The minimum Gasteiger partial charge on any atom is -0.481 e. The van der Waals surface area contributed by atoms with Crippen LogP contribution in [0.25, 0.3) is 0 Å². The van der Waals surface area contributed by atoms with E-state index in [1.54, 1.807) is 0 Å². The van der Waals surface area contributed by atoms with Crippen molar-refractivity contribution in [2.45, 2.75) is 33.7 Å². The predicted octanol–water partition coefficient (Wildman–Crippen LogP) is 3.02. The van der Waals surface area contributed by atoms with Gasteiger partial charge in [-0.05, 0) is 43.4 Å². The fraction of sp³-hybridized carbons (Fsp3) is 0.562. The van der Waals surface area contributed by atoms with Gasteiger partial charge in [0.1, 0.15) is 0 Å². The maximum Gasteiger partial charge on any atom is 0.308 e. The highest BCUT2D eigenvalue weighted by Crippen LogP contribution is 2.31. The molecule has 0 radical (unpaired) electrons. The van der Waals surface area contributed by atoms with E-state index in [4.69, 9.17) is 0 Å². The third-order valence-corrected chi connectivity index (χ3v) is 4.52. The molecule has 1 fully saturated rings. The van der Waals surface area contributed by atoms with E-state index in [0.29, 0.717) is 6.54 Å². The van der Waals surface area contributed by atoms with Gasteiger partial charge in [-0.25, -0.2) is 0 Å². The molecule has 1 saturated heterocycles. The standard InChI is InChI=1S/C16H23NO2/c1-10-5-6-14(7-11(10)2)13(4)17-8-12(3)15(9-17)16(18)19/h5-7,12-13,15H,8-9H2,1-4H3,(H,18,19). The van der Waals surface area contributed by atoms with Crippen molar-refractivity contribution in [2.24, 2.45) is 11.8 Å². The lowest BCUT2D eigenvalue weighted by Gasteiger charge is -2.25. The highest BCUT2D eigenvalue weighted by atomic mass is 16.4. The molecule has 1 N–H and O–H groups in total. The van der Waals surface area contributed by atoms with E-state index in [9.17, 15) is 9.90 Å². The van der Waals surface area contributed by atoms with Crippen molar-refractivity contribution < 1.29 is 9.90 Å². The fourth-order valence-electron chi connectivity index (χ4n) is 2.88. The maximum absolute atomic E-state index is 11.2. The molecule has 0 amide bonds. The van der Waals surface area contributed by atoms with Gasteiger partial charge in [0, 0.05) is 19.1 Å². The van der Waals surface area contributed by atoms with Crippen LogP contribution in [0.4, 0.5) is 0 Å². The average Bonchev–Trinajstić information content (AvgIpc) is 2.74. The van der Waals surface area contributed by atoms with E-state index in [2.05, 4.69) is 43.9 Å². The van der Waals surface area contributed by atoms with Crippen LogP contribution in [0.5, 0.6) is 0 Å². The molecular weight excluding hydrogens is 238 g/mol. The Morgan fingerprint density at radius 3 is 2.53 bits per heavy atom. The maximum atomic E-state index is 11.2. The second-order valence-electron chi connectivity index (χ2n) is 5.90. The Kier molecular flexibility index (Phi) is 3.95. The number of likely N-dealkylation sites (tertiary alicyclic amines) is 1. The van der Waals surface area contributed by atoms with E-state index in [0.717, 1.165) is 6.54 Å². The van der Waals surface area contributed by atoms with Gasteiger partial charge in [-0.15, -0.1) is 0 Å². The molecule has 1 heterocycles. The Morgan fingerprint density at radius 1 is 1.32 bits per heavy atom. The second-order valence-corrected chi connectivity index (χ2v) is 5.90. The Labute approximate surface area is 115 Å². The first-order valence-electron chi connectivity index (χ1n) is 6.94. The lowest BCUT2D eigenvalue weighted by molar-refractivity contribution is -0.142. The first kappa shape index (κ1) is 14.1. The third-order valence-electron chi connectivity index (χ3n) is 4.52. The summed E-state index contributed by atoms with van der Waals surface area (Å²) in [5.74, 6) is -0.664. The first-order valence-corrected chi connectivity index (χ1v) is 6.94. The summed E-state index contributed by atoms with van der Waals surface area (Å²) in [5.41, 5.74) is 3.88. The Balaban J connectivity index is 2.14. The molecule has 3 nitrogen and oxygen atoms in total. The SMILES string of the molecule is Cc1ccc(C(C)N2CC(C)C(C(=O)O)C2)cc1C. The molecule has 3 unspecified atom stereocenters. The molecule has 1 aromatic carbocycles. The number of carboxylic acid groups (broad SMARTS) is 1. The van der Waals surface area contributed by atoms with Gasteiger partial charge in [0.15, 0.2) is 0 Å². The van der Waals surface area contributed by atoms with E-state index < -0.39 is 5.97 Å². The zero-order valence-corrected chi connectivity index (χ0v) is 12.2. The summed E-state index contributed by atoms with van der Waals surface area (Å²) in [6.07, 6.45) is 0. The third kappa shape index (κ3) is 2.81. The monoisotopic (exact) mass is 261 g/mol. The molecule has 104 valence electrons. The second kappa shape index (κ2) is 5.33. The van der Waals surface area contributed by atoms with E-state index in [1.165, 1.54) is 16.7 Å². The van der Waals surface area contributed by atoms with Crippen LogP contribution >= 0.6 is 0 Å². The Bertz CT molecular complexity index is 484. The van der Waals surface area contributed by atoms with Crippen LogP contribution in [0.2, 0.25) is 0 Å². The molecule has 0 saturated carbocycles. The number of rotatable bonds is 3. The molecule has 1 aromatic rings. The first-order chi connectivity index (χ1) is 8.90. The van der Waals surface area contributed by atoms with Crippen molar-refractivity contribution in [2.75, 3.05) is 13.1 Å². The smallest absolute Gasteiger partial charge is 0.308 e. The van der Waals surface area contributed by atoms with E-state index in [-0.39, 0.29) is 17.9 Å². The molecule has 2 rings (SSSR count). The van der Waals surface area contributed by atoms with Crippen LogP contribution in [0, 0.1) is 25.7 Å². The van der Waals surface area contributed by atoms with Crippen LogP contribution in [-0.4, -0.2) is 29.1 Å². The lowest BCUT2D eigenvalue weighted by atomic mass is 9.99. The van der Waals surface area contributed by atoms with E-state index >= 15 is 0 Å². The lowest BCUT2D eigenvalue weighted by Crippen LogP contribution is -2.26. The zero-order valence-electron chi connectivity index (χ0n) is 12.2. The van der Waals surface area contributed by atoms with Crippen LogP contribution in [-0.2, 0) is 4.79 Å². The van der Waals surface area contributed by atoms with Gasteiger partial charge in [-0.3, -0.25) is 9.69 Å². The summed E-state index contributed by atoms with van der Waals surface area (Å²) >= 11 is 0. The van der Waals surface area contributed by atoms with Gasteiger partial charge in [0.05, 0.1) is 5.92 Å². The van der Waals surface area contributed by atoms with Crippen molar-refractivity contribution in [1.82, 2.24) is 4.90 Å². The highest BCUT2D eigenvalue weighted by Gasteiger charge is 2.36. The molecule has 0 bridgehead atoms. The summed E-state index contributed by atoms with van der Waals surface area (Å²) in [6, 6.07) is 6.81.